The molecule has 21 heavy (non-hydrogen) atoms. The summed E-state index contributed by atoms with van der Waals surface area (Å²) < 4.78 is 12.7. The van der Waals surface area contributed by atoms with Gasteiger partial charge in [-0.1, -0.05) is 42.0 Å². The molecule has 2 N–H and O–H groups in total. The van der Waals surface area contributed by atoms with E-state index in [1.54, 1.807) is 12.1 Å². The molecule has 0 heterocycles. The Balaban J connectivity index is 1.69. The number of benzene rings is 2. The van der Waals surface area contributed by atoms with Gasteiger partial charge >= 0.3 is 0 Å². The van der Waals surface area contributed by atoms with Gasteiger partial charge in [-0.3, -0.25) is 4.79 Å². The second-order valence-electron chi connectivity index (χ2n) is 5.00. The Bertz CT molecular complexity index is 596. The highest BCUT2D eigenvalue weighted by atomic mass is 19.1. The van der Waals surface area contributed by atoms with Crippen LogP contribution in [-0.4, -0.2) is 12.5 Å². The van der Waals surface area contributed by atoms with Crippen molar-refractivity contribution in [3.05, 3.63) is 71.0 Å². The standard InChI is InChI=1S/C17H19FN2O/c1-13-3-2-4-15(9-13)10-19-12-17(21)20-11-14-5-7-16(18)8-6-14/h2-9,19H,10-12H2,1H3,(H,20,21). The molecule has 110 valence electrons. The molecule has 0 spiro atoms. The first-order chi connectivity index (χ1) is 10.1. The van der Waals surface area contributed by atoms with E-state index in [4.69, 9.17) is 0 Å². The quantitative estimate of drug-likeness (QED) is 0.857. The predicted octanol–water partition coefficient (Wildman–Crippen LogP) is 2.54. The molecule has 4 heteroatoms. The maximum atomic E-state index is 12.7. The highest BCUT2D eigenvalue weighted by Gasteiger charge is 2.01. The van der Waals surface area contributed by atoms with Gasteiger partial charge in [-0.15, -0.1) is 0 Å². The molecular weight excluding hydrogens is 267 g/mol. The molecule has 0 atom stereocenters. The normalized spacial score (nSPS) is 10.4. The van der Waals surface area contributed by atoms with Crippen LogP contribution in [0, 0.1) is 12.7 Å². The van der Waals surface area contributed by atoms with E-state index >= 15 is 0 Å². The zero-order chi connectivity index (χ0) is 15.1. The summed E-state index contributed by atoms with van der Waals surface area (Å²) in [5.74, 6) is -0.350. The number of amides is 1. The molecule has 0 fully saturated rings. The number of carbonyl (C=O) groups is 1. The van der Waals surface area contributed by atoms with Crippen LogP contribution < -0.4 is 10.6 Å². The first-order valence-corrected chi connectivity index (χ1v) is 6.91. The van der Waals surface area contributed by atoms with Gasteiger partial charge < -0.3 is 10.6 Å². The molecule has 2 aromatic rings. The summed E-state index contributed by atoms with van der Waals surface area (Å²) in [6.45, 7) is 3.37. The Morgan fingerprint density at radius 2 is 1.81 bits per heavy atom. The third kappa shape index (κ3) is 5.36. The fourth-order valence-electron chi connectivity index (χ4n) is 2.01. The molecule has 1 amide bonds. The van der Waals surface area contributed by atoms with Crippen LogP contribution in [0.3, 0.4) is 0 Å². The zero-order valence-corrected chi connectivity index (χ0v) is 12.0. The third-order valence-electron chi connectivity index (χ3n) is 3.10. The first kappa shape index (κ1) is 15.2. The van der Waals surface area contributed by atoms with Gasteiger partial charge in [0.25, 0.3) is 0 Å². The Morgan fingerprint density at radius 1 is 1.05 bits per heavy atom. The number of aryl methyl sites for hydroxylation is 1. The summed E-state index contributed by atoms with van der Waals surface area (Å²) in [5, 5.41) is 5.89. The van der Waals surface area contributed by atoms with Crippen molar-refractivity contribution < 1.29 is 9.18 Å². The summed E-state index contributed by atoms with van der Waals surface area (Å²) in [5.41, 5.74) is 3.24. The number of nitrogens with one attached hydrogen (secondary N) is 2. The van der Waals surface area contributed by atoms with Crippen LogP contribution in [0.15, 0.2) is 48.5 Å². The molecule has 0 aromatic heterocycles. The van der Waals surface area contributed by atoms with Crippen molar-refractivity contribution >= 4 is 5.91 Å². The van der Waals surface area contributed by atoms with E-state index in [9.17, 15) is 9.18 Å². The SMILES string of the molecule is Cc1cccc(CNCC(=O)NCc2ccc(F)cc2)c1. The Hall–Kier alpha value is -2.20. The molecule has 0 bridgehead atoms. The summed E-state index contributed by atoms with van der Waals surface area (Å²) in [6.07, 6.45) is 0. The minimum atomic E-state index is -0.273. The van der Waals surface area contributed by atoms with Gasteiger partial charge in [-0.25, -0.2) is 4.39 Å². The highest BCUT2D eigenvalue weighted by Crippen LogP contribution is 2.03. The fraction of sp³-hybridized carbons (Fsp3) is 0.235. The van der Waals surface area contributed by atoms with Crippen molar-refractivity contribution in [1.82, 2.24) is 10.6 Å². The first-order valence-electron chi connectivity index (χ1n) is 6.91. The second-order valence-corrected chi connectivity index (χ2v) is 5.00. The Labute approximate surface area is 124 Å². The lowest BCUT2D eigenvalue weighted by Gasteiger charge is -2.07. The summed E-state index contributed by atoms with van der Waals surface area (Å²) in [7, 11) is 0. The predicted molar refractivity (Wildman–Crippen MR) is 81.1 cm³/mol. The summed E-state index contributed by atoms with van der Waals surface area (Å²) >= 11 is 0. The van der Waals surface area contributed by atoms with Crippen LogP contribution in [0.1, 0.15) is 16.7 Å². The van der Waals surface area contributed by atoms with Crippen LogP contribution in [0.4, 0.5) is 4.39 Å². The van der Waals surface area contributed by atoms with E-state index in [0.29, 0.717) is 13.1 Å². The second kappa shape index (κ2) is 7.55. The molecule has 0 aliphatic heterocycles. The molecule has 0 unspecified atom stereocenters. The largest absolute Gasteiger partial charge is 0.351 e. The van der Waals surface area contributed by atoms with E-state index in [2.05, 4.69) is 16.7 Å². The minimum absolute atomic E-state index is 0.0769. The van der Waals surface area contributed by atoms with Crippen molar-refractivity contribution in [3.8, 4) is 0 Å². The van der Waals surface area contributed by atoms with E-state index in [-0.39, 0.29) is 18.3 Å². The molecule has 0 saturated carbocycles. The van der Waals surface area contributed by atoms with Gasteiger partial charge in [-0.2, -0.15) is 0 Å². The van der Waals surface area contributed by atoms with Gasteiger partial charge in [-0.05, 0) is 30.2 Å². The molecule has 3 nitrogen and oxygen atoms in total. The number of halogens is 1. The van der Waals surface area contributed by atoms with Crippen molar-refractivity contribution in [2.24, 2.45) is 0 Å². The molecule has 0 saturated heterocycles. The van der Waals surface area contributed by atoms with Crippen molar-refractivity contribution in [1.29, 1.82) is 0 Å². The molecule has 2 rings (SSSR count). The highest BCUT2D eigenvalue weighted by molar-refractivity contribution is 5.77. The van der Waals surface area contributed by atoms with Gasteiger partial charge in [0.05, 0.1) is 6.54 Å². The monoisotopic (exact) mass is 286 g/mol. The topological polar surface area (TPSA) is 41.1 Å². The number of rotatable bonds is 6. The van der Waals surface area contributed by atoms with Gasteiger partial charge in [0.15, 0.2) is 0 Å². The van der Waals surface area contributed by atoms with Crippen LogP contribution in [0.2, 0.25) is 0 Å². The maximum Gasteiger partial charge on any atom is 0.234 e. The molecule has 0 radical (unpaired) electrons. The number of hydrogen-bond donors (Lipinski definition) is 2. The fourth-order valence-corrected chi connectivity index (χ4v) is 2.01. The smallest absolute Gasteiger partial charge is 0.234 e. The zero-order valence-electron chi connectivity index (χ0n) is 12.0. The number of carbonyl (C=O) groups excluding carboxylic acids is 1. The lowest BCUT2D eigenvalue weighted by molar-refractivity contribution is -0.120. The van der Waals surface area contributed by atoms with Gasteiger partial charge in [0.1, 0.15) is 5.82 Å². The average Bonchev–Trinajstić information content (AvgIpc) is 2.47. The lowest BCUT2D eigenvalue weighted by Crippen LogP contribution is -2.33. The van der Waals surface area contributed by atoms with Crippen molar-refractivity contribution in [3.63, 3.8) is 0 Å². The average molecular weight is 286 g/mol. The molecular formula is C17H19FN2O. The van der Waals surface area contributed by atoms with Crippen LogP contribution in [-0.2, 0) is 17.9 Å². The van der Waals surface area contributed by atoms with E-state index in [1.807, 2.05) is 25.1 Å². The maximum absolute atomic E-state index is 12.7. The molecule has 2 aromatic carbocycles. The lowest BCUT2D eigenvalue weighted by atomic mass is 10.1. The van der Waals surface area contributed by atoms with Gasteiger partial charge in [0.2, 0.25) is 5.91 Å². The van der Waals surface area contributed by atoms with Gasteiger partial charge in [0, 0.05) is 13.1 Å². The van der Waals surface area contributed by atoms with Crippen LogP contribution in [0.5, 0.6) is 0 Å². The molecule has 0 aliphatic rings. The Kier molecular flexibility index (Phi) is 5.46. The van der Waals surface area contributed by atoms with Crippen LogP contribution >= 0.6 is 0 Å². The van der Waals surface area contributed by atoms with Crippen LogP contribution in [0.25, 0.3) is 0 Å². The summed E-state index contributed by atoms with van der Waals surface area (Å²) in [6, 6.07) is 14.3. The van der Waals surface area contributed by atoms with E-state index in [1.165, 1.54) is 17.7 Å². The molecule has 0 aliphatic carbocycles. The number of hydrogen-bond acceptors (Lipinski definition) is 2. The third-order valence-corrected chi connectivity index (χ3v) is 3.10. The van der Waals surface area contributed by atoms with E-state index in [0.717, 1.165) is 11.1 Å². The summed E-state index contributed by atoms with van der Waals surface area (Å²) in [4.78, 5) is 11.7. The minimum Gasteiger partial charge on any atom is -0.351 e. The van der Waals surface area contributed by atoms with Crippen molar-refractivity contribution in [2.75, 3.05) is 6.54 Å². The van der Waals surface area contributed by atoms with Crippen molar-refractivity contribution in [2.45, 2.75) is 20.0 Å². The Morgan fingerprint density at radius 3 is 2.52 bits per heavy atom. The van der Waals surface area contributed by atoms with E-state index < -0.39 is 0 Å².